The number of hydrogen-bond donors (Lipinski definition) is 2. The minimum atomic E-state index is -0.688. The van der Waals surface area contributed by atoms with Gasteiger partial charge in [-0.25, -0.2) is 9.48 Å². The van der Waals surface area contributed by atoms with Gasteiger partial charge >= 0.3 is 5.97 Å². The third kappa shape index (κ3) is 5.42. The molecule has 4 rings (SSSR count). The molecule has 1 unspecified atom stereocenters. The second-order valence-corrected chi connectivity index (χ2v) is 8.31. The highest BCUT2D eigenvalue weighted by Crippen LogP contribution is 2.26. The first-order valence-corrected chi connectivity index (χ1v) is 11.4. The van der Waals surface area contributed by atoms with E-state index >= 15 is 0 Å². The van der Waals surface area contributed by atoms with E-state index in [9.17, 15) is 9.90 Å². The zero-order valence-electron chi connectivity index (χ0n) is 19.2. The summed E-state index contributed by atoms with van der Waals surface area (Å²) in [5.41, 5.74) is 3.85. The van der Waals surface area contributed by atoms with Crippen molar-refractivity contribution in [2.24, 2.45) is 0 Å². The minimum absolute atomic E-state index is 0.301. The van der Waals surface area contributed by atoms with Gasteiger partial charge in [-0.3, -0.25) is 4.90 Å². The van der Waals surface area contributed by atoms with Crippen molar-refractivity contribution in [3.63, 3.8) is 0 Å². The van der Waals surface area contributed by atoms with Crippen molar-refractivity contribution < 1.29 is 14.6 Å². The first kappa shape index (κ1) is 23.0. The van der Waals surface area contributed by atoms with Crippen LogP contribution in [-0.4, -0.2) is 65.7 Å². The quantitative estimate of drug-likeness (QED) is 0.429. The van der Waals surface area contributed by atoms with Crippen LogP contribution in [0.4, 0.5) is 0 Å². The van der Waals surface area contributed by atoms with Gasteiger partial charge in [-0.1, -0.05) is 24.0 Å². The number of aromatic nitrogens is 2. The Kier molecular flexibility index (Phi) is 7.40. The highest BCUT2D eigenvalue weighted by Gasteiger charge is 2.20. The van der Waals surface area contributed by atoms with Gasteiger partial charge in [0.25, 0.3) is 0 Å². The number of hydrogen-bond acceptors (Lipinski definition) is 6. The third-order valence-electron chi connectivity index (χ3n) is 5.87. The number of carbonyl (C=O) groups is 1. The lowest BCUT2D eigenvalue weighted by molar-refractivity contribution is 0.0595. The first-order chi connectivity index (χ1) is 16.1. The molecule has 2 heterocycles. The summed E-state index contributed by atoms with van der Waals surface area (Å²) in [6.45, 7) is 3.78. The molecule has 0 bridgehead atoms. The molecule has 1 aliphatic heterocycles. The average Bonchev–Trinajstić information content (AvgIpc) is 3.49. The summed E-state index contributed by atoms with van der Waals surface area (Å²) in [6, 6.07) is 13.8. The van der Waals surface area contributed by atoms with Gasteiger partial charge in [-0.2, -0.15) is 5.10 Å². The van der Waals surface area contributed by atoms with Gasteiger partial charge < -0.3 is 15.2 Å². The smallest absolute Gasteiger partial charge is 0.359 e. The maximum Gasteiger partial charge on any atom is 0.359 e. The van der Waals surface area contributed by atoms with Crippen molar-refractivity contribution >= 4 is 16.9 Å². The molecule has 2 aromatic carbocycles. The number of ether oxygens (including phenoxy) is 1. The van der Waals surface area contributed by atoms with Gasteiger partial charge in [0.05, 0.1) is 18.3 Å². The number of benzene rings is 2. The van der Waals surface area contributed by atoms with Crippen LogP contribution >= 0.6 is 0 Å². The van der Waals surface area contributed by atoms with E-state index in [1.165, 1.54) is 20.0 Å². The second kappa shape index (κ2) is 10.6. The van der Waals surface area contributed by atoms with E-state index in [-0.39, 0.29) is 0 Å². The largest absolute Gasteiger partial charge is 0.464 e. The van der Waals surface area contributed by atoms with Gasteiger partial charge in [0, 0.05) is 17.5 Å². The standard InChI is InChI=1S/C26H30N4O3/c1-27-13-12-22(31)10-8-19-6-5-7-21(16-19)30-24-11-9-20(18-29-14-3-4-15-29)17-23(24)25(28-30)26(32)33-2/h5-7,9,11,16-17,22,27,31H,3-4,12-15,18H2,1-2H3. The van der Waals surface area contributed by atoms with Crippen LogP contribution in [0.1, 0.15) is 40.9 Å². The van der Waals surface area contributed by atoms with E-state index in [0.717, 1.165) is 47.4 Å². The van der Waals surface area contributed by atoms with Crippen LogP contribution in [0.25, 0.3) is 16.6 Å². The molecule has 172 valence electrons. The molecule has 7 nitrogen and oxygen atoms in total. The lowest BCUT2D eigenvalue weighted by Gasteiger charge is -2.14. The molecule has 7 heteroatoms. The highest BCUT2D eigenvalue weighted by molar-refractivity contribution is 6.02. The van der Waals surface area contributed by atoms with Crippen LogP contribution in [0.2, 0.25) is 0 Å². The Balaban J connectivity index is 1.69. The van der Waals surface area contributed by atoms with E-state index in [1.54, 1.807) is 4.68 Å². The maximum absolute atomic E-state index is 12.5. The fourth-order valence-corrected chi connectivity index (χ4v) is 4.14. The molecule has 0 amide bonds. The van der Waals surface area contributed by atoms with Crippen molar-refractivity contribution in [3.8, 4) is 17.5 Å². The Hall–Kier alpha value is -3.18. The molecule has 0 saturated carbocycles. The first-order valence-electron chi connectivity index (χ1n) is 11.4. The fraction of sp³-hybridized carbons (Fsp3) is 0.385. The molecule has 0 radical (unpaired) electrons. The number of carbonyl (C=O) groups excluding carboxylic acids is 1. The number of nitrogens with one attached hydrogen (secondary N) is 1. The summed E-state index contributed by atoms with van der Waals surface area (Å²) in [4.78, 5) is 14.9. The van der Waals surface area contributed by atoms with E-state index < -0.39 is 12.1 Å². The van der Waals surface area contributed by atoms with E-state index in [2.05, 4.69) is 33.2 Å². The summed E-state index contributed by atoms with van der Waals surface area (Å²) in [7, 11) is 3.22. The van der Waals surface area contributed by atoms with Gasteiger partial charge in [0.1, 0.15) is 6.10 Å². The summed E-state index contributed by atoms with van der Waals surface area (Å²) in [6.07, 6.45) is 2.35. The average molecular weight is 447 g/mol. The summed E-state index contributed by atoms with van der Waals surface area (Å²) in [5.74, 6) is 5.46. The fourth-order valence-electron chi connectivity index (χ4n) is 4.14. The third-order valence-corrected chi connectivity index (χ3v) is 5.87. The van der Waals surface area contributed by atoms with Crippen LogP contribution in [0, 0.1) is 11.8 Å². The van der Waals surface area contributed by atoms with Gasteiger partial charge in [-0.15, -0.1) is 0 Å². The second-order valence-electron chi connectivity index (χ2n) is 8.31. The number of aliphatic hydroxyl groups excluding tert-OH is 1. The number of fused-ring (bicyclic) bond motifs is 1. The van der Waals surface area contributed by atoms with Crippen LogP contribution in [-0.2, 0) is 11.3 Å². The maximum atomic E-state index is 12.5. The summed E-state index contributed by atoms with van der Waals surface area (Å²) >= 11 is 0. The van der Waals surface area contributed by atoms with Crippen molar-refractivity contribution in [1.29, 1.82) is 0 Å². The molecule has 0 spiro atoms. The molecule has 2 N–H and O–H groups in total. The number of likely N-dealkylation sites (tertiary alicyclic amines) is 1. The zero-order chi connectivity index (χ0) is 23.2. The molecular weight excluding hydrogens is 416 g/mol. The lowest BCUT2D eigenvalue weighted by atomic mass is 10.1. The van der Waals surface area contributed by atoms with Gasteiger partial charge in [0.15, 0.2) is 5.69 Å². The van der Waals surface area contributed by atoms with E-state index in [1.807, 2.05) is 43.4 Å². The zero-order valence-corrected chi connectivity index (χ0v) is 19.2. The Morgan fingerprint density at radius 3 is 2.82 bits per heavy atom. The number of esters is 1. The molecule has 1 fully saturated rings. The molecule has 3 aromatic rings. The molecule has 1 atom stereocenters. The summed E-state index contributed by atoms with van der Waals surface area (Å²) in [5, 5.41) is 18.4. The van der Waals surface area contributed by atoms with Gasteiger partial charge in [0.2, 0.25) is 0 Å². The Labute approximate surface area is 194 Å². The number of methoxy groups -OCH3 is 1. The Morgan fingerprint density at radius 1 is 1.24 bits per heavy atom. The van der Waals surface area contributed by atoms with E-state index in [0.29, 0.717) is 18.7 Å². The van der Waals surface area contributed by atoms with Crippen LogP contribution in [0.15, 0.2) is 42.5 Å². The van der Waals surface area contributed by atoms with Crippen LogP contribution in [0.3, 0.4) is 0 Å². The lowest BCUT2D eigenvalue weighted by Crippen LogP contribution is -2.18. The van der Waals surface area contributed by atoms with Crippen LogP contribution in [0.5, 0.6) is 0 Å². The van der Waals surface area contributed by atoms with Crippen LogP contribution < -0.4 is 5.32 Å². The van der Waals surface area contributed by atoms with Gasteiger partial charge in [-0.05, 0) is 81.8 Å². The highest BCUT2D eigenvalue weighted by atomic mass is 16.5. The van der Waals surface area contributed by atoms with Crippen molar-refractivity contribution in [1.82, 2.24) is 20.0 Å². The number of rotatable bonds is 7. The minimum Gasteiger partial charge on any atom is -0.464 e. The normalized spacial score (nSPS) is 14.8. The summed E-state index contributed by atoms with van der Waals surface area (Å²) < 4.78 is 6.76. The molecule has 1 aromatic heterocycles. The van der Waals surface area contributed by atoms with Crippen molar-refractivity contribution in [3.05, 3.63) is 59.3 Å². The number of aliphatic hydroxyl groups is 1. The predicted octanol–water partition coefficient (Wildman–Crippen LogP) is 2.73. The molecule has 1 saturated heterocycles. The van der Waals surface area contributed by atoms with Crippen molar-refractivity contribution in [2.45, 2.75) is 31.9 Å². The predicted molar refractivity (Wildman–Crippen MR) is 128 cm³/mol. The Morgan fingerprint density at radius 2 is 2.06 bits per heavy atom. The van der Waals surface area contributed by atoms with E-state index in [4.69, 9.17) is 4.74 Å². The SMILES string of the molecule is CNCCC(O)C#Cc1cccc(-n2nc(C(=O)OC)c3cc(CN4CCCC4)ccc32)c1. The Bertz CT molecular complexity index is 1190. The molecule has 0 aliphatic carbocycles. The molecular formula is C26H30N4O3. The van der Waals surface area contributed by atoms with Crippen molar-refractivity contribution in [2.75, 3.05) is 33.8 Å². The topological polar surface area (TPSA) is 79.6 Å². The monoisotopic (exact) mass is 446 g/mol. The number of nitrogens with zero attached hydrogens (tertiary/aromatic N) is 3. The molecule has 1 aliphatic rings. The molecule has 33 heavy (non-hydrogen) atoms.